The number of H-pyrrole nitrogens is 1. The van der Waals surface area contributed by atoms with Gasteiger partial charge in [0.25, 0.3) is 5.56 Å². The third-order valence-electron chi connectivity index (χ3n) is 4.94. The van der Waals surface area contributed by atoms with Gasteiger partial charge in [-0.1, -0.05) is 18.2 Å². The monoisotopic (exact) mass is 406 g/mol. The number of aromatic amines is 1. The van der Waals surface area contributed by atoms with Crippen LogP contribution in [0.3, 0.4) is 0 Å². The Morgan fingerprint density at radius 3 is 2.60 bits per heavy atom. The summed E-state index contributed by atoms with van der Waals surface area (Å²) in [5.74, 6) is -0.309. The number of nitrogens with zero attached hydrogens (tertiary/aromatic N) is 2. The average Bonchev–Trinajstić information content (AvgIpc) is 3.11. The lowest BCUT2D eigenvalue weighted by atomic mass is 10.1. The van der Waals surface area contributed by atoms with Gasteiger partial charge in [-0.3, -0.25) is 4.79 Å². The van der Waals surface area contributed by atoms with Crippen LogP contribution in [0.4, 0.5) is 4.39 Å². The number of ether oxygens (including phenoxy) is 1. The number of benzene rings is 2. The highest BCUT2D eigenvalue weighted by Crippen LogP contribution is 2.29. The van der Waals surface area contributed by atoms with E-state index in [0.717, 1.165) is 16.6 Å². The zero-order valence-electron chi connectivity index (χ0n) is 16.9. The van der Waals surface area contributed by atoms with E-state index in [1.54, 1.807) is 23.9 Å². The zero-order valence-corrected chi connectivity index (χ0v) is 16.9. The van der Waals surface area contributed by atoms with Gasteiger partial charge >= 0.3 is 0 Å². The Labute approximate surface area is 173 Å². The third-order valence-corrected chi connectivity index (χ3v) is 4.94. The lowest BCUT2D eigenvalue weighted by molar-refractivity contribution is 0.171. The van der Waals surface area contributed by atoms with Crippen LogP contribution >= 0.6 is 0 Å². The molecule has 0 saturated heterocycles. The Morgan fingerprint density at radius 2 is 1.90 bits per heavy atom. The first kappa shape index (κ1) is 20.0. The van der Waals surface area contributed by atoms with Gasteiger partial charge in [0.05, 0.1) is 12.3 Å². The molecule has 1 atom stereocenters. The summed E-state index contributed by atoms with van der Waals surface area (Å²) in [5.41, 5.74) is 3.29. The van der Waals surface area contributed by atoms with Gasteiger partial charge in [0.1, 0.15) is 17.2 Å². The number of nitrogens with one attached hydrogen (secondary N) is 2. The van der Waals surface area contributed by atoms with Gasteiger partial charge in [0.15, 0.2) is 0 Å². The standard InChI is InChI=1S/C23H23FN4O2/c1-15(14-30-2)25-13-17-12-20-21(16-8-10-18(24)11-9-16)27-28(22(20)26-23(17)29)19-6-4-3-5-7-19/h3-12,15,25H,13-14H2,1-2H3,(H,26,29)/t15-/m1/s1. The number of halogens is 1. The molecule has 0 aliphatic carbocycles. The van der Waals surface area contributed by atoms with Crippen LogP contribution < -0.4 is 10.9 Å². The Bertz CT molecular complexity index is 1200. The van der Waals surface area contributed by atoms with Gasteiger partial charge in [0, 0.05) is 36.2 Å². The molecule has 2 aromatic carbocycles. The predicted octanol–water partition coefficient (Wildman–Crippen LogP) is 3.64. The number of rotatable bonds is 7. The van der Waals surface area contributed by atoms with Crippen molar-refractivity contribution in [3.63, 3.8) is 0 Å². The van der Waals surface area contributed by atoms with Crippen LogP contribution in [-0.2, 0) is 11.3 Å². The molecule has 2 heterocycles. The summed E-state index contributed by atoms with van der Waals surface area (Å²) in [5, 5.41) is 8.83. The molecule has 2 aromatic heterocycles. The lowest BCUT2D eigenvalue weighted by Gasteiger charge is -2.12. The third kappa shape index (κ3) is 4.03. The van der Waals surface area contributed by atoms with Crippen LogP contribution in [0.5, 0.6) is 0 Å². The maximum atomic E-state index is 13.5. The van der Waals surface area contributed by atoms with Crippen molar-refractivity contribution >= 4 is 11.0 Å². The largest absolute Gasteiger partial charge is 0.383 e. The maximum Gasteiger partial charge on any atom is 0.254 e. The number of hydrogen-bond donors (Lipinski definition) is 2. The summed E-state index contributed by atoms with van der Waals surface area (Å²) < 4.78 is 20.3. The Balaban J connectivity index is 1.85. The van der Waals surface area contributed by atoms with Crippen LogP contribution in [0.25, 0.3) is 28.0 Å². The quantitative estimate of drug-likeness (QED) is 0.492. The fourth-order valence-corrected chi connectivity index (χ4v) is 3.42. The molecule has 0 bridgehead atoms. The molecule has 0 unspecified atom stereocenters. The fourth-order valence-electron chi connectivity index (χ4n) is 3.42. The summed E-state index contributed by atoms with van der Waals surface area (Å²) >= 11 is 0. The first-order valence-corrected chi connectivity index (χ1v) is 9.75. The predicted molar refractivity (Wildman–Crippen MR) is 115 cm³/mol. The summed E-state index contributed by atoms with van der Waals surface area (Å²) in [6, 6.07) is 17.7. The Morgan fingerprint density at radius 1 is 1.17 bits per heavy atom. The fraction of sp³-hybridized carbons (Fsp3) is 0.217. The van der Waals surface area contributed by atoms with Gasteiger partial charge in [-0.25, -0.2) is 9.07 Å². The van der Waals surface area contributed by atoms with Gasteiger partial charge in [0.2, 0.25) is 0 Å². The SMILES string of the molecule is COC[C@@H](C)NCc1cc2c(-c3ccc(F)cc3)nn(-c3ccccc3)c2[nH]c1=O. The van der Waals surface area contributed by atoms with Crippen LogP contribution in [0.1, 0.15) is 12.5 Å². The molecule has 0 aliphatic rings. The van der Waals surface area contributed by atoms with Crippen molar-refractivity contribution in [1.82, 2.24) is 20.1 Å². The van der Waals surface area contributed by atoms with Crippen molar-refractivity contribution in [2.45, 2.75) is 19.5 Å². The van der Waals surface area contributed by atoms with E-state index < -0.39 is 0 Å². The number of hydrogen-bond acceptors (Lipinski definition) is 4. The van der Waals surface area contributed by atoms with E-state index in [4.69, 9.17) is 9.84 Å². The lowest BCUT2D eigenvalue weighted by Crippen LogP contribution is -2.31. The van der Waals surface area contributed by atoms with E-state index >= 15 is 0 Å². The molecule has 7 heteroatoms. The highest BCUT2D eigenvalue weighted by Gasteiger charge is 2.17. The Hall–Kier alpha value is -3.29. The normalized spacial score (nSPS) is 12.4. The summed E-state index contributed by atoms with van der Waals surface area (Å²) in [7, 11) is 1.64. The van der Waals surface area contributed by atoms with Gasteiger partial charge in [-0.15, -0.1) is 0 Å². The highest BCUT2D eigenvalue weighted by molar-refractivity contribution is 5.92. The molecular formula is C23H23FN4O2. The van der Waals surface area contributed by atoms with Crippen molar-refractivity contribution < 1.29 is 9.13 Å². The van der Waals surface area contributed by atoms with Crippen molar-refractivity contribution in [2.24, 2.45) is 0 Å². The number of methoxy groups -OCH3 is 1. The van der Waals surface area contributed by atoms with Crippen molar-refractivity contribution in [3.05, 3.63) is 82.4 Å². The topological polar surface area (TPSA) is 71.9 Å². The number of para-hydroxylation sites is 1. The summed E-state index contributed by atoms with van der Waals surface area (Å²) in [4.78, 5) is 15.7. The van der Waals surface area contributed by atoms with Crippen LogP contribution in [-0.4, -0.2) is 34.5 Å². The molecule has 0 fully saturated rings. The molecule has 30 heavy (non-hydrogen) atoms. The number of pyridine rings is 1. The summed E-state index contributed by atoms with van der Waals surface area (Å²) in [6.07, 6.45) is 0. The molecule has 154 valence electrons. The molecule has 0 aliphatic heterocycles. The van der Waals surface area contributed by atoms with Gasteiger partial charge < -0.3 is 15.0 Å². The molecule has 0 amide bonds. The van der Waals surface area contributed by atoms with Crippen molar-refractivity contribution in [3.8, 4) is 16.9 Å². The van der Waals surface area contributed by atoms with E-state index in [1.807, 2.05) is 43.3 Å². The zero-order chi connectivity index (χ0) is 21.1. The maximum absolute atomic E-state index is 13.5. The molecule has 2 N–H and O–H groups in total. The van der Waals surface area contributed by atoms with E-state index in [2.05, 4.69) is 10.3 Å². The van der Waals surface area contributed by atoms with Crippen molar-refractivity contribution in [1.29, 1.82) is 0 Å². The van der Waals surface area contributed by atoms with Crippen molar-refractivity contribution in [2.75, 3.05) is 13.7 Å². The van der Waals surface area contributed by atoms with Gasteiger partial charge in [-0.05, 0) is 49.4 Å². The van der Waals surface area contributed by atoms with E-state index in [-0.39, 0.29) is 17.4 Å². The Kier molecular flexibility index (Phi) is 5.74. The van der Waals surface area contributed by atoms with Crippen LogP contribution in [0.2, 0.25) is 0 Å². The molecule has 0 spiro atoms. The molecule has 0 saturated carbocycles. The second-order valence-electron chi connectivity index (χ2n) is 7.23. The smallest absolute Gasteiger partial charge is 0.254 e. The van der Waals surface area contributed by atoms with E-state index in [1.165, 1.54) is 12.1 Å². The van der Waals surface area contributed by atoms with Gasteiger partial charge in [-0.2, -0.15) is 5.10 Å². The summed E-state index contributed by atoms with van der Waals surface area (Å²) in [6.45, 7) is 2.94. The van der Waals surface area contributed by atoms with Crippen LogP contribution in [0.15, 0.2) is 65.5 Å². The first-order valence-electron chi connectivity index (χ1n) is 9.75. The van der Waals surface area contributed by atoms with E-state index in [0.29, 0.717) is 30.1 Å². The highest BCUT2D eigenvalue weighted by atomic mass is 19.1. The molecule has 0 radical (unpaired) electrons. The molecule has 4 aromatic rings. The van der Waals surface area contributed by atoms with E-state index in [9.17, 15) is 9.18 Å². The van der Waals surface area contributed by atoms with Crippen LogP contribution in [0, 0.1) is 5.82 Å². The average molecular weight is 406 g/mol. The minimum Gasteiger partial charge on any atom is -0.383 e. The number of fused-ring (bicyclic) bond motifs is 1. The second-order valence-corrected chi connectivity index (χ2v) is 7.23. The molecule has 4 rings (SSSR count). The molecule has 6 nitrogen and oxygen atoms in total. The minimum atomic E-state index is -0.309. The first-order chi connectivity index (χ1) is 14.6. The second kappa shape index (κ2) is 8.61. The number of aromatic nitrogens is 3. The minimum absolute atomic E-state index is 0.105. The molecular weight excluding hydrogens is 383 g/mol.